The van der Waals surface area contributed by atoms with E-state index in [9.17, 15) is 34.3 Å². The summed E-state index contributed by atoms with van der Waals surface area (Å²) < 4.78 is 34.2. The predicted octanol–water partition coefficient (Wildman–Crippen LogP) is 5.43. The molecule has 0 spiro atoms. The van der Waals surface area contributed by atoms with Crippen molar-refractivity contribution >= 4 is 24.3 Å². The number of hydrogen-bond donors (Lipinski definition) is 6. The van der Waals surface area contributed by atoms with Crippen molar-refractivity contribution in [3.05, 3.63) is 101 Å². The minimum atomic E-state index is -1.22. The second-order valence-corrected chi connectivity index (χ2v) is 12.9. The van der Waals surface area contributed by atoms with E-state index in [4.69, 9.17) is 24.8 Å². The minimum absolute atomic E-state index is 0.0566. The molecule has 1 aliphatic heterocycles. The van der Waals surface area contributed by atoms with Crippen LogP contribution in [0.2, 0.25) is 0 Å². The summed E-state index contributed by atoms with van der Waals surface area (Å²) in [5, 5.41) is 59.6. The zero-order chi connectivity index (χ0) is 39.4. The number of carbonyl (C=O) groups is 2. The number of phenols is 1. The SMILES string of the molecule is CC(C)(O)COc1ccc(-c2cnc(N3CCC(NCc4ccc(/C=C(\F)C(=O)NO)cc4)CC3)c(C#N)c2-c2ccc(C#N)c(F)c2)cc1O.O=CO. The molecule has 1 saturated heterocycles. The van der Waals surface area contributed by atoms with Gasteiger partial charge in [-0.15, -0.1) is 0 Å². The van der Waals surface area contributed by atoms with Crippen molar-refractivity contribution in [1.82, 2.24) is 15.8 Å². The zero-order valence-corrected chi connectivity index (χ0v) is 29.4. The van der Waals surface area contributed by atoms with Gasteiger partial charge < -0.3 is 30.3 Å². The van der Waals surface area contributed by atoms with E-state index in [0.717, 1.165) is 24.5 Å². The van der Waals surface area contributed by atoms with Crippen LogP contribution in [-0.2, 0) is 16.1 Å². The molecule has 54 heavy (non-hydrogen) atoms. The molecule has 3 aromatic carbocycles. The number of nitriles is 2. The number of hydrogen-bond acceptors (Lipinski definition) is 11. The Labute approximate surface area is 310 Å². The zero-order valence-electron chi connectivity index (χ0n) is 29.4. The van der Waals surface area contributed by atoms with E-state index in [1.165, 1.54) is 23.7 Å². The second kappa shape index (κ2) is 18.4. The van der Waals surface area contributed by atoms with Gasteiger partial charge in [0.1, 0.15) is 35.9 Å². The van der Waals surface area contributed by atoms with Crippen LogP contribution < -0.4 is 20.4 Å². The van der Waals surface area contributed by atoms with E-state index >= 15 is 0 Å². The van der Waals surface area contributed by atoms with Crippen LogP contribution in [0.5, 0.6) is 11.5 Å². The van der Waals surface area contributed by atoms with E-state index < -0.39 is 23.2 Å². The van der Waals surface area contributed by atoms with Gasteiger partial charge in [0.25, 0.3) is 6.47 Å². The van der Waals surface area contributed by atoms with Crippen molar-refractivity contribution in [2.24, 2.45) is 0 Å². The average molecular weight is 741 g/mol. The lowest BCUT2D eigenvalue weighted by molar-refractivity contribution is -0.126. The summed E-state index contributed by atoms with van der Waals surface area (Å²) in [5.74, 6) is -2.68. The predicted molar refractivity (Wildman–Crippen MR) is 194 cm³/mol. The Morgan fingerprint density at radius 3 is 2.31 bits per heavy atom. The fourth-order valence-electron chi connectivity index (χ4n) is 5.74. The van der Waals surface area contributed by atoms with Crippen LogP contribution in [0.3, 0.4) is 0 Å². The fourth-order valence-corrected chi connectivity index (χ4v) is 5.74. The topological polar surface area (TPSA) is 212 Å². The molecule has 0 saturated carbocycles. The number of ether oxygens (including phenoxy) is 1. The van der Waals surface area contributed by atoms with Crippen molar-refractivity contribution in [3.63, 3.8) is 0 Å². The maximum absolute atomic E-state index is 15.0. The summed E-state index contributed by atoms with van der Waals surface area (Å²) in [7, 11) is 0. The molecule has 1 fully saturated rings. The van der Waals surface area contributed by atoms with E-state index in [0.29, 0.717) is 53.3 Å². The highest BCUT2D eigenvalue weighted by Crippen LogP contribution is 2.41. The first-order chi connectivity index (χ1) is 25.8. The number of anilines is 1. The molecule has 6 N–H and O–H groups in total. The second-order valence-electron chi connectivity index (χ2n) is 12.9. The van der Waals surface area contributed by atoms with E-state index in [2.05, 4.69) is 11.4 Å². The van der Waals surface area contributed by atoms with Gasteiger partial charge in [0.15, 0.2) is 17.3 Å². The molecule has 2 heterocycles. The summed E-state index contributed by atoms with van der Waals surface area (Å²) in [6.07, 6.45) is 4.07. The first kappa shape index (κ1) is 40.4. The molecule has 13 nitrogen and oxygen atoms in total. The molecule has 0 atom stereocenters. The number of aromatic nitrogens is 1. The van der Waals surface area contributed by atoms with Crippen molar-refractivity contribution in [1.29, 1.82) is 10.5 Å². The monoisotopic (exact) mass is 740 g/mol. The number of pyridine rings is 1. The molecule has 0 bridgehead atoms. The van der Waals surface area contributed by atoms with Gasteiger partial charge in [0.05, 0.1) is 11.2 Å². The summed E-state index contributed by atoms with van der Waals surface area (Å²) in [6, 6.07) is 20.0. The number of nitrogens with one attached hydrogen (secondary N) is 2. The van der Waals surface area contributed by atoms with Crippen molar-refractivity contribution in [2.75, 3.05) is 24.6 Å². The van der Waals surface area contributed by atoms with Crippen LogP contribution in [0.4, 0.5) is 14.6 Å². The van der Waals surface area contributed by atoms with Crippen molar-refractivity contribution < 1.29 is 43.6 Å². The number of benzene rings is 3. The van der Waals surface area contributed by atoms with Crippen molar-refractivity contribution in [3.8, 4) is 45.9 Å². The first-order valence-electron chi connectivity index (χ1n) is 16.6. The van der Waals surface area contributed by atoms with Gasteiger partial charge in [-0.2, -0.15) is 10.5 Å². The number of hydroxylamine groups is 1. The Morgan fingerprint density at radius 2 is 1.74 bits per heavy atom. The summed E-state index contributed by atoms with van der Waals surface area (Å²) in [6.45, 7) is 4.54. The quantitative estimate of drug-likeness (QED) is 0.0492. The number of amides is 1. The number of carboxylic acid groups (broad SMARTS) is 1. The Morgan fingerprint density at radius 1 is 1.07 bits per heavy atom. The lowest BCUT2D eigenvalue weighted by Gasteiger charge is -2.34. The fraction of sp³-hybridized carbons (Fsp3) is 0.256. The number of piperidine rings is 1. The van der Waals surface area contributed by atoms with Gasteiger partial charge in [-0.1, -0.05) is 36.4 Å². The number of aromatic hydroxyl groups is 1. The molecule has 5 rings (SSSR count). The normalized spacial score (nSPS) is 13.2. The lowest BCUT2D eigenvalue weighted by Crippen LogP contribution is -2.42. The number of aliphatic hydroxyl groups is 1. The Hall–Kier alpha value is -6.39. The third kappa shape index (κ3) is 10.4. The number of carbonyl (C=O) groups excluding carboxylic acids is 1. The maximum Gasteiger partial charge on any atom is 0.303 e. The van der Waals surface area contributed by atoms with Gasteiger partial charge in [0, 0.05) is 43.0 Å². The molecular weight excluding hydrogens is 702 g/mol. The van der Waals surface area contributed by atoms with Gasteiger partial charge >= 0.3 is 5.91 Å². The highest BCUT2D eigenvalue weighted by atomic mass is 19.1. The van der Waals surface area contributed by atoms with Crippen LogP contribution >= 0.6 is 0 Å². The lowest BCUT2D eigenvalue weighted by atomic mass is 9.91. The van der Waals surface area contributed by atoms with Gasteiger partial charge in [-0.3, -0.25) is 14.8 Å². The molecule has 4 aromatic rings. The smallest absolute Gasteiger partial charge is 0.303 e. The van der Waals surface area contributed by atoms with Crippen LogP contribution in [0.1, 0.15) is 48.9 Å². The largest absolute Gasteiger partial charge is 0.504 e. The van der Waals surface area contributed by atoms with Crippen LogP contribution in [-0.4, -0.2) is 69.2 Å². The number of halogens is 2. The Balaban J connectivity index is 0.00000209. The molecule has 280 valence electrons. The standard InChI is InChI=1S/C38H36F2N6O5.CH2O2/c1-38(2,49)22-51-34-10-9-25(17-33(34)47)30-21-44-36(29(19-42)35(30)26-7-8-27(18-41)31(39)16-26)46-13-11-28(12-14-46)43-20-24-5-3-23(4-6-24)15-32(40)37(48)45-50;2-1-3/h3-10,15-17,21,28,43,47,49-50H,11-14,20,22H2,1-2H3,(H,45,48);1H,(H,2,3)/b32-15-;. The van der Waals surface area contributed by atoms with Gasteiger partial charge in [-0.05, 0) is 79.3 Å². The van der Waals surface area contributed by atoms with E-state index in [1.54, 1.807) is 50.4 Å². The third-order valence-corrected chi connectivity index (χ3v) is 8.38. The molecule has 0 radical (unpaired) electrons. The molecule has 1 aliphatic rings. The Kier molecular flexibility index (Phi) is 13.8. The summed E-state index contributed by atoms with van der Waals surface area (Å²) >= 11 is 0. The highest BCUT2D eigenvalue weighted by Gasteiger charge is 2.26. The Bertz CT molecular complexity index is 2080. The molecule has 0 unspecified atom stereocenters. The number of rotatable bonds is 11. The average Bonchev–Trinajstić information content (AvgIpc) is 3.16. The minimum Gasteiger partial charge on any atom is -0.504 e. The number of phenolic OH excluding ortho intramolecular Hbond substituents is 1. The van der Waals surface area contributed by atoms with E-state index in [1.807, 2.05) is 23.1 Å². The molecule has 1 amide bonds. The summed E-state index contributed by atoms with van der Waals surface area (Å²) in [4.78, 5) is 26.2. The number of nitrogens with zero attached hydrogens (tertiary/aromatic N) is 4. The highest BCUT2D eigenvalue weighted by molar-refractivity contribution is 5.94. The molecular formula is C39H38F2N6O7. The van der Waals surface area contributed by atoms with Crippen LogP contribution in [0.25, 0.3) is 28.3 Å². The maximum atomic E-state index is 15.0. The van der Waals surface area contributed by atoms with E-state index in [-0.39, 0.29) is 41.7 Å². The third-order valence-electron chi connectivity index (χ3n) is 8.38. The first-order valence-corrected chi connectivity index (χ1v) is 16.6. The van der Waals surface area contributed by atoms with Gasteiger partial charge in [0.2, 0.25) is 0 Å². The van der Waals surface area contributed by atoms with Crippen molar-refractivity contribution in [2.45, 2.75) is 44.9 Å². The van der Waals surface area contributed by atoms with Gasteiger partial charge in [-0.25, -0.2) is 19.2 Å². The molecule has 1 aromatic heterocycles. The van der Waals surface area contributed by atoms with Crippen LogP contribution in [0.15, 0.2) is 72.7 Å². The molecule has 15 heteroatoms. The molecule has 0 aliphatic carbocycles. The summed E-state index contributed by atoms with van der Waals surface area (Å²) in [5.41, 5.74) is 3.33. The van der Waals surface area contributed by atoms with Crippen LogP contribution in [0, 0.1) is 28.5 Å².